The van der Waals surface area contributed by atoms with Crippen LogP contribution in [0.2, 0.25) is 0 Å². The average Bonchev–Trinajstić information content (AvgIpc) is 3.64. The molecule has 0 bridgehead atoms. The molecule has 0 unspecified atom stereocenters. The summed E-state index contributed by atoms with van der Waals surface area (Å²) in [6.45, 7) is 0. The van der Waals surface area contributed by atoms with Crippen molar-refractivity contribution in [2.45, 2.75) is 35.3 Å². The number of thiazole rings is 1. The first-order valence-corrected chi connectivity index (χ1v) is 14.1. The molecular formula is C23H20N6O6S3. The van der Waals surface area contributed by atoms with Gasteiger partial charge in [0.25, 0.3) is 11.8 Å². The zero-order valence-electron chi connectivity index (χ0n) is 19.5. The number of carbonyl (C=O) groups excluding carboxylic acids is 3. The minimum absolute atomic E-state index is 0.0789. The van der Waals surface area contributed by atoms with Gasteiger partial charge in [0.1, 0.15) is 28.9 Å². The van der Waals surface area contributed by atoms with Gasteiger partial charge < -0.3 is 20.6 Å². The van der Waals surface area contributed by atoms with E-state index >= 15 is 0 Å². The summed E-state index contributed by atoms with van der Waals surface area (Å²) in [5.41, 5.74) is 0.430. The number of pyridine rings is 1. The molecule has 3 aliphatic rings. The lowest BCUT2D eigenvalue weighted by molar-refractivity contribution is -0.150. The van der Waals surface area contributed by atoms with Crippen LogP contribution in [-0.2, 0) is 24.0 Å². The second kappa shape index (κ2) is 11.4. The summed E-state index contributed by atoms with van der Waals surface area (Å²) < 4.78 is 0. The van der Waals surface area contributed by atoms with Crippen molar-refractivity contribution in [3.63, 3.8) is 0 Å². The Morgan fingerprint density at radius 3 is 2.89 bits per heavy atom. The maximum absolute atomic E-state index is 13.1. The molecule has 38 heavy (non-hydrogen) atoms. The van der Waals surface area contributed by atoms with E-state index in [1.54, 1.807) is 29.9 Å². The fourth-order valence-electron chi connectivity index (χ4n) is 3.60. The van der Waals surface area contributed by atoms with Crippen molar-refractivity contribution in [1.82, 2.24) is 20.2 Å². The van der Waals surface area contributed by atoms with Gasteiger partial charge in [-0.2, -0.15) is 0 Å². The zero-order valence-corrected chi connectivity index (χ0v) is 21.9. The lowest BCUT2D eigenvalue weighted by Gasteiger charge is -2.49. The maximum Gasteiger partial charge on any atom is 0.352 e. The van der Waals surface area contributed by atoms with Crippen LogP contribution in [-0.4, -0.2) is 73.2 Å². The van der Waals surface area contributed by atoms with Gasteiger partial charge in [0.05, 0.1) is 0 Å². The van der Waals surface area contributed by atoms with Crippen LogP contribution in [0.1, 0.15) is 18.5 Å². The number of thioether (sulfide) groups is 2. The third kappa shape index (κ3) is 5.58. The predicted octanol–water partition coefficient (Wildman–Crippen LogP) is 2.03. The van der Waals surface area contributed by atoms with Crippen LogP contribution in [0.3, 0.4) is 0 Å². The third-order valence-corrected chi connectivity index (χ3v) is 8.42. The van der Waals surface area contributed by atoms with Crippen molar-refractivity contribution in [1.29, 1.82) is 0 Å². The fourth-order valence-corrected chi connectivity index (χ4v) is 6.24. The van der Waals surface area contributed by atoms with Crippen LogP contribution >= 0.6 is 34.9 Å². The molecule has 12 nitrogen and oxygen atoms in total. The molecule has 2 aromatic rings. The number of carboxylic acid groups (broad SMARTS) is 1. The third-order valence-electron chi connectivity index (χ3n) is 5.56. The first-order valence-electron chi connectivity index (χ1n) is 11.3. The Hall–Kier alpha value is -3.69. The largest absolute Gasteiger partial charge is 0.477 e. The molecule has 3 N–H and O–H groups in total. The topological polar surface area (TPSA) is 163 Å². The van der Waals surface area contributed by atoms with Crippen LogP contribution in [0.4, 0.5) is 5.13 Å². The van der Waals surface area contributed by atoms with E-state index in [-0.39, 0.29) is 28.3 Å². The van der Waals surface area contributed by atoms with Crippen molar-refractivity contribution in [2.24, 2.45) is 5.16 Å². The Balaban J connectivity index is 1.30. The van der Waals surface area contributed by atoms with Crippen molar-refractivity contribution >= 4 is 69.9 Å². The smallest absolute Gasteiger partial charge is 0.352 e. The summed E-state index contributed by atoms with van der Waals surface area (Å²) in [6.07, 6.45) is 7.07. The number of anilines is 1. The Morgan fingerprint density at radius 1 is 1.34 bits per heavy atom. The summed E-state index contributed by atoms with van der Waals surface area (Å²) in [6, 6.07) is 2.73. The van der Waals surface area contributed by atoms with Gasteiger partial charge in [0.2, 0.25) is 6.41 Å². The lowest BCUT2D eigenvalue weighted by atomic mass is 10.0. The standard InChI is InChI=1S/C23H20N6O6S3/c30-11-25-23-26-15(10-38-23)16(28-35-13-3-4-13)19(31)27-17-20(32)29-18(22(33)34)12(9-37-21(17)29)5-7-36-14-2-1-6-24-8-14/h1-2,5-8,10-11,13,17,21H,3-4,9H2,(H,27,31)(H,33,34)(H,25,26,30)/b7-5+,28-16?/t17-,21+/m1/s1. The van der Waals surface area contributed by atoms with Gasteiger partial charge in [-0.05, 0) is 42.0 Å². The molecule has 2 aliphatic heterocycles. The number of rotatable bonds is 11. The molecule has 1 saturated heterocycles. The molecule has 5 rings (SSSR count). The molecule has 15 heteroatoms. The van der Waals surface area contributed by atoms with Crippen molar-refractivity contribution in [3.8, 4) is 0 Å². The molecular weight excluding hydrogens is 552 g/mol. The number of nitrogens with zero attached hydrogens (tertiary/aromatic N) is 4. The Morgan fingerprint density at radius 2 is 2.18 bits per heavy atom. The molecule has 0 aromatic carbocycles. The zero-order chi connectivity index (χ0) is 26.6. The summed E-state index contributed by atoms with van der Waals surface area (Å²) in [7, 11) is 0. The Kier molecular flexibility index (Phi) is 7.76. The highest BCUT2D eigenvalue weighted by atomic mass is 32.2. The highest BCUT2D eigenvalue weighted by Crippen LogP contribution is 2.41. The molecule has 3 amide bonds. The number of β-lactam (4-membered cyclic amide) rings is 1. The number of oxime groups is 1. The number of nitrogens with one attached hydrogen (secondary N) is 2. The van der Waals surface area contributed by atoms with E-state index in [4.69, 9.17) is 4.84 Å². The monoisotopic (exact) mass is 572 g/mol. The van der Waals surface area contributed by atoms with Crippen molar-refractivity contribution < 1.29 is 29.1 Å². The van der Waals surface area contributed by atoms with E-state index in [9.17, 15) is 24.3 Å². The first-order chi connectivity index (χ1) is 18.5. The molecule has 4 heterocycles. The number of aliphatic carboxylic acids is 1. The molecule has 2 aromatic heterocycles. The molecule has 1 saturated carbocycles. The SMILES string of the molecule is O=CNc1nc(C(=NOC2CC2)C(=O)N[C@@H]2C(=O)N3C(C(=O)O)=C(/C=C/Sc4cccnc4)CS[C@@H]23)cs1. The van der Waals surface area contributed by atoms with Gasteiger partial charge in [0, 0.05) is 28.4 Å². The Bertz CT molecular complexity index is 1360. The highest BCUT2D eigenvalue weighted by Gasteiger charge is 2.54. The van der Waals surface area contributed by atoms with Crippen LogP contribution < -0.4 is 10.6 Å². The summed E-state index contributed by atoms with van der Waals surface area (Å²) in [5.74, 6) is -2.11. The van der Waals surface area contributed by atoms with Gasteiger partial charge in [-0.1, -0.05) is 16.9 Å². The van der Waals surface area contributed by atoms with Crippen molar-refractivity contribution in [3.05, 3.63) is 58.4 Å². The molecule has 0 spiro atoms. The van der Waals surface area contributed by atoms with E-state index in [1.165, 1.54) is 33.8 Å². The van der Waals surface area contributed by atoms with Crippen LogP contribution in [0.25, 0.3) is 0 Å². The minimum Gasteiger partial charge on any atom is -0.477 e. The molecule has 1 aliphatic carbocycles. The fraction of sp³-hybridized carbons (Fsp3) is 0.261. The summed E-state index contributed by atoms with van der Waals surface area (Å²) in [4.78, 5) is 64.7. The number of hydrogen-bond acceptors (Lipinski definition) is 11. The van der Waals surface area contributed by atoms with Gasteiger partial charge in [-0.3, -0.25) is 24.3 Å². The quantitative estimate of drug-likeness (QED) is 0.119. The van der Waals surface area contributed by atoms with Gasteiger partial charge in [-0.25, -0.2) is 9.78 Å². The average molecular weight is 573 g/mol. The number of allylic oxidation sites excluding steroid dienone is 1. The summed E-state index contributed by atoms with van der Waals surface area (Å²) in [5, 5.41) is 21.9. The second-order valence-electron chi connectivity index (χ2n) is 8.19. The molecule has 2 fully saturated rings. The maximum atomic E-state index is 13.1. The van der Waals surface area contributed by atoms with Gasteiger partial charge in [-0.15, -0.1) is 23.1 Å². The number of carbonyl (C=O) groups is 4. The molecule has 2 atom stereocenters. The molecule has 0 radical (unpaired) electrons. The van der Waals surface area contributed by atoms with Crippen LogP contribution in [0, 0.1) is 0 Å². The molecule has 196 valence electrons. The van der Waals surface area contributed by atoms with Crippen LogP contribution in [0.15, 0.2) is 62.7 Å². The predicted molar refractivity (Wildman–Crippen MR) is 141 cm³/mol. The van der Waals surface area contributed by atoms with Gasteiger partial charge in [0.15, 0.2) is 10.8 Å². The number of hydrogen-bond donors (Lipinski definition) is 3. The lowest BCUT2D eigenvalue weighted by Crippen LogP contribution is -2.71. The number of fused-ring (bicyclic) bond motifs is 1. The first kappa shape index (κ1) is 25.9. The summed E-state index contributed by atoms with van der Waals surface area (Å²) >= 11 is 3.84. The second-order valence-corrected chi connectivity index (χ2v) is 11.1. The van der Waals surface area contributed by atoms with E-state index in [0.29, 0.717) is 17.7 Å². The highest BCUT2D eigenvalue weighted by molar-refractivity contribution is 8.02. The van der Waals surface area contributed by atoms with E-state index in [2.05, 4.69) is 25.8 Å². The number of aromatic nitrogens is 2. The number of carboxylic acids is 1. The van der Waals surface area contributed by atoms with E-state index in [1.807, 2.05) is 6.07 Å². The van der Waals surface area contributed by atoms with Gasteiger partial charge >= 0.3 is 5.97 Å². The van der Waals surface area contributed by atoms with E-state index < -0.39 is 29.2 Å². The van der Waals surface area contributed by atoms with Crippen molar-refractivity contribution in [2.75, 3.05) is 11.1 Å². The number of amides is 3. The normalized spacial score (nSPS) is 21.1. The van der Waals surface area contributed by atoms with Crippen LogP contribution in [0.5, 0.6) is 0 Å². The Labute approximate surface area is 228 Å². The minimum atomic E-state index is -1.22. The van der Waals surface area contributed by atoms with E-state index in [0.717, 1.165) is 29.1 Å².